The number of hydrogen-bond donors (Lipinski definition) is 1. The minimum atomic E-state index is -0.434. The van der Waals surface area contributed by atoms with Crippen LogP contribution in [-0.4, -0.2) is 0 Å². The van der Waals surface area contributed by atoms with Crippen LogP contribution in [0.4, 0.5) is 4.39 Å². The Hall–Kier alpha value is -1.65. The molecule has 102 valence electrons. The first-order valence-electron chi connectivity index (χ1n) is 6.26. The molecule has 0 aliphatic heterocycles. The highest BCUT2D eigenvalue weighted by atomic mass is 79.9. The first kappa shape index (κ1) is 13.3. The van der Waals surface area contributed by atoms with Gasteiger partial charge in [0.25, 0.3) is 0 Å². The van der Waals surface area contributed by atoms with Gasteiger partial charge in [0.1, 0.15) is 17.2 Å². The molecule has 3 aromatic rings. The van der Waals surface area contributed by atoms with Crippen LogP contribution in [-0.2, 0) is 0 Å². The van der Waals surface area contributed by atoms with E-state index in [0.717, 1.165) is 22.1 Å². The molecule has 2 aromatic carbocycles. The van der Waals surface area contributed by atoms with Crippen LogP contribution in [0.3, 0.4) is 0 Å². The van der Waals surface area contributed by atoms with E-state index in [0.29, 0.717) is 10.2 Å². The summed E-state index contributed by atoms with van der Waals surface area (Å²) in [5, 5.41) is 1.02. The summed E-state index contributed by atoms with van der Waals surface area (Å²) in [5.74, 6) is 0.370. The van der Waals surface area contributed by atoms with Crippen molar-refractivity contribution in [2.75, 3.05) is 0 Å². The monoisotopic (exact) mass is 333 g/mol. The summed E-state index contributed by atoms with van der Waals surface area (Å²) >= 11 is 3.34. The van der Waals surface area contributed by atoms with Gasteiger partial charge in [-0.2, -0.15) is 0 Å². The second-order valence-electron chi connectivity index (χ2n) is 4.79. The Morgan fingerprint density at radius 1 is 1.20 bits per heavy atom. The van der Waals surface area contributed by atoms with Crippen LogP contribution in [0.1, 0.15) is 22.9 Å². The molecule has 1 aromatic heterocycles. The zero-order chi connectivity index (χ0) is 14.3. The van der Waals surface area contributed by atoms with E-state index in [1.54, 1.807) is 6.07 Å². The summed E-state index contributed by atoms with van der Waals surface area (Å²) in [4.78, 5) is 0. The quantitative estimate of drug-likeness (QED) is 0.738. The third-order valence-corrected chi connectivity index (χ3v) is 4.05. The molecule has 0 saturated carbocycles. The van der Waals surface area contributed by atoms with Crippen LogP contribution in [0.5, 0.6) is 0 Å². The number of hydrogen-bond acceptors (Lipinski definition) is 2. The molecule has 0 fully saturated rings. The molecule has 0 amide bonds. The van der Waals surface area contributed by atoms with E-state index >= 15 is 0 Å². The molecular formula is C16H13BrFNO. The lowest BCUT2D eigenvalue weighted by atomic mass is 10.1. The van der Waals surface area contributed by atoms with Gasteiger partial charge in [0, 0.05) is 9.86 Å². The number of furan rings is 1. The predicted molar refractivity (Wildman–Crippen MR) is 81.1 cm³/mol. The number of para-hydroxylation sites is 1. The molecule has 20 heavy (non-hydrogen) atoms. The lowest BCUT2D eigenvalue weighted by Gasteiger charge is -2.11. The predicted octanol–water partition coefficient (Wildman–Crippen LogP) is 4.69. The Labute approximate surface area is 124 Å². The highest BCUT2D eigenvalue weighted by Crippen LogP contribution is 2.31. The molecule has 0 radical (unpaired) electrons. The number of benzene rings is 2. The fraction of sp³-hybridized carbons (Fsp3) is 0.125. The van der Waals surface area contributed by atoms with Crippen molar-refractivity contribution in [3.63, 3.8) is 0 Å². The van der Waals surface area contributed by atoms with Gasteiger partial charge in [0.2, 0.25) is 0 Å². The zero-order valence-corrected chi connectivity index (χ0v) is 12.4. The summed E-state index contributed by atoms with van der Waals surface area (Å²) in [5.41, 5.74) is 8.94. The molecule has 0 spiro atoms. The molecule has 0 bridgehead atoms. The van der Waals surface area contributed by atoms with Crippen LogP contribution in [0, 0.1) is 12.7 Å². The molecule has 4 heteroatoms. The standard InChI is InChI=1S/C16H13BrFNO/c1-9-3-2-4-10-7-14(20-16(9)10)15(19)12-6-5-11(18)8-13(12)17/h2-8,15H,19H2,1H3. The maximum atomic E-state index is 13.1. The highest BCUT2D eigenvalue weighted by molar-refractivity contribution is 9.10. The Balaban J connectivity index is 2.08. The Morgan fingerprint density at radius 3 is 2.70 bits per heavy atom. The van der Waals surface area contributed by atoms with Crippen LogP contribution < -0.4 is 5.73 Å². The highest BCUT2D eigenvalue weighted by Gasteiger charge is 2.17. The number of rotatable bonds is 2. The SMILES string of the molecule is Cc1cccc2cc(C(N)c3ccc(F)cc3Br)oc12. The fourth-order valence-electron chi connectivity index (χ4n) is 2.29. The first-order valence-corrected chi connectivity index (χ1v) is 7.05. The molecule has 1 unspecified atom stereocenters. The van der Waals surface area contributed by atoms with Gasteiger partial charge in [-0.1, -0.05) is 40.2 Å². The van der Waals surface area contributed by atoms with E-state index in [-0.39, 0.29) is 5.82 Å². The largest absolute Gasteiger partial charge is 0.459 e. The van der Waals surface area contributed by atoms with E-state index < -0.39 is 6.04 Å². The third-order valence-electron chi connectivity index (χ3n) is 3.36. The van der Waals surface area contributed by atoms with Crippen molar-refractivity contribution in [1.29, 1.82) is 0 Å². The maximum absolute atomic E-state index is 13.1. The van der Waals surface area contributed by atoms with Gasteiger partial charge in [-0.25, -0.2) is 4.39 Å². The van der Waals surface area contributed by atoms with E-state index in [9.17, 15) is 4.39 Å². The fourth-order valence-corrected chi connectivity index (χ4v) is 2.89. The van der Waals surface area contributed by atoms with Crippen LogP contribution in [0.2, 0.25) is 0 Å². The van der Waals surface area contributed by atoms with E-state index in [2.05, 4.69) is 15.9 Å². The number of halogens is 2. The van der Waals surface area contributed by atoms with Gasteiger partial charge in [-0.05, 0) is 36.2 Å². The lowest BCUT2D eigenvalue weighted by Crippen LogP contribution is -2.11. The van der Waals surface area contributed by atoms with Gasteiger partial charge in [0.15, 0.2) is 0 Å². The number of aryl methyl sites for hydroxylation is 1. The summed E-state index contributed by atoms with van der Waals surface area (Å²) in [6, 6.07) is 11.9. The van der Waals surface area contributed by atoms with Crippen molar-refractivity contribution in [1.82, 2.24) is 0 Å². The molecule has 0 aliphatic carbocycles. The van der Waals surface area contributed by atoms with E-state index in [1.165, 1.54) is 12.1 Å². The normalized spacial score (nSPS) is 12.8. The van der Waals surface area contributed by atoms with Crippen molar-refractivity contribution in [3.8, 4) is 0 Å². The van der Waals surface area contributed by atoms with Crippen LogP contribution >= 0.6 is 15.9 Å². The van der Waals surface area contributed by atoms with E-state index in [1.807, 2.05) is 31.2 Å². The maximum Gasteiger partial charge on any atom is 0.137 e. The molecule has 2 N–H and O–H groups in total. The summed E-state index contributed by atoms with van der Waals surface area (Å²) in [7, 11) is 0. The Kier molecular flexibility index (Phi) is 3.36. The first-order chi connectivity index (χ1) is 9.56. The van der Waals surface area contributed by atoms with Crippen molar-refractivity contribution >= 4 is 26.9 Å². The third kappa shape index (κ3) is 2.25. The number of fused-ring (bicyclic) bond motifs is 1. The number of nitrogens with two attached hydrogens (primary N) is 1. The summed E-state index contributed by atoms with van der Waals surface area (Å²) in [6.45, 7) is 1.99. The van der Waals surface area contributed by atoms with Gasteiger partial charge in [-0.15, -0.1) is 0 Å². The average Bonchev–Trinajstić information content (AvgIpc) is 2.83. The molecule has 1 atom stereocenters. The van der Waals surface area contributed by atoms with Crippen molar-refractivity contribution in [2.24, 2.45) is 5.73 Å². The van der Waals surface area contributed by atoms with E-state index in [4.69, 9.17) is 10.2 Å². The van der Waals surface area contributed by atoms with Gasteiger partial charge >= 0.3 is 0 Å². The van der Waals surface area contributed by atoms with Crippen LogP contribution in [0.25, 0.3) is 11.0 Å². The van der Waals surface area contributed by atoms with Crippen molar-refractivity contribution < 1.29 is 8.81 Å². The lowest BCUT2D eigenvalue weighted by molar-refractivity contribution is 0.522. The topological polar surface area (TPSA) is 39.2 Å². The minimum absolute atomic E-state index is 0.298. The van der Waals surface area contributed by atoms with Gasteiger partial charge in [0.05, 0.1) is 6.04 Å². The Morgan fingerprint density at radius 2 is 2.00 bits per heavy atom. The molecule has 2 nitrogen and oxygen atoms in total. The molecule has 3 rings (SSSR count). The average molecular weight is 334 g/mol. The molecular weight excluding hydrogens is 321 g/mol. The second-order valence-corrected chi connectivity index (χ2v) is 5.64. The molecule has 0 aliphatic rings. The van der Waals surface area contributed by atoms with Crippen molar-refractivity contribution in [2.45, 2.75) is 13.0 Å². The summed E-state index contributed by atoms with van der Waals surface area (Å²) in [6.07, 6.45) is 0. The van der Waals surface area contributed by atoms with Crippen molar-refractivity contribution in [3.05, 3.63) is 69.6 Å². The molecule has 0 saturated heterocycles. The minimum Gasteiger partial charge on any atom is -0.459 e. The zero-order valence-electron chi connectivity index (χ0n) is 10.9. The smallest absolute Gasteiger partial charge is 0.137 e. The second kappa shape index (κ2) is 5.04. The molecule has 1 heterocycles. The van der Waals surface area contributed by atoms with Gasteiger partial charge in [-0.3, -0.25) is 0 Å². The summed E-state index contributed by atoms with van der Waals surface area (Å²) < 4.78 is 19.6. The van der Waals surface area contributed by atoms with Crippen LogP contribution in [0.15, 0.2) is 51.4 Å². The Bertz CT molecular complexity index is 781. The van der Waals surface area contributed by atoms with Gasteiger partial charge < -0.3 is 10.2 Å².